The molecule has 3 aliphatic carbocycles. The van der Waals surface area contributed by atoms with Crippen molar-refractivity contribution in [2.24, 2.45) is 30.2 Å². The summed E-state index contributed by atoms with van der Waals surface area (Å²) < 4.78 is 16.1. The number of nitrogens with zero attached hydrogens (tertiary/aromatic N) is 2. The van der Waals surface area contributed by atoms with Crippen molar-refractivity contribution in [1.82, 2.24) is 9.78 Å². The molecule has 7 heteroatoms. The number of rotatable bonds is 4. The zero-order valence-corrected chi connectivity index (χ0v) is 19.1. The molecule has 33 heavy (non-hydrogen) atoms. The van der Waals surface area contributed by atoms with Crippen LogP contribution in [0.15, 0.2) is 42.4 Å². The highest BCUT2D eigenvalue weighted by Gasteiger charge is 2.60. The number of nitrogens with one attached hydrogen (secondary N) is 1. The van der Waals surface area contributed by atoms with E-state index in [-0.39, 0.29) is 47.6 Å². The van der Waals surface area contributed by atoms with E-state index < -0.39 is 5.41 Å². The summed E-state index contributed by atoms with van der Waals surface area (Å²) in [5, 5.41) is 16.9. The highest BCUT2D eigenvalue weighted by Crippen LogP contribution is 2.63. The normalized spacial score (nSPS) is 31.7. The number of aryl methyl sites for hydroxylation is 1. The van der Waals surface area contributed by atoms with Crippen LogP contribution in [0.25, 0.3) is 0 Å². The van der Waals surface area contributed by atoms with Gasteiger partial charge in [0.1, 0.15) is 5.82 Å². The SMILES string of the molecule is Cn1cc(NC(=O)CC[C@@H]2/C(=C/O)C(=O)[C@@]3(C)CCC4c5cccc(F)c5CCC4C23)cn1. The van der Waals surface area contributed by atoms with Crippen molar-refractivity contribution in [3.63, 3.8) is 0 Å². The number of carbonyl (C=O) groups is 2. The number of benzene rings is 1. The molecule has 5 rings (SSSR count). The number of Topliss-reactive ketones (excluding diaryl/α,β-unsaturated/α-hetero) is 1. The van der Waals surface area contributed by atoms with Gasteiger partial charge in [-0.1, -0.05) is 19.1 Å². The lowest BCUT2D eigenvalue weighted by Crippen LogP contribution is -2.44. The first kappa shape index (κ1) is 21.9. The quantitative estimate of drug-likeness (QED) is 0.522. The van der Waals surface area contributed by atoms with Crippen LogP contribution in [-0.2, 0) is 23.1 Å². The zero-order valence-electron chi connectivity index (χ0n) is 19.1. The van der Waals surface area contributed by atoms with Crippen molar-refractivity contribution < 1.29 is 19.1 Å². The molecule has 0 spiro atoms. The minimum Gasteiger partial charge on any atom is -0.515 e. The molecule has 6 nitrogen and oxygen atoms in total. The van der Waals surface area contributed by atoms with Gasteiger partial charge in [-0.15, -0.1) is 0 Å². The molecule has 3 unspecified atom stereocenters. The van der Waals surface area contributed by atoms with Crippen LogP contribution < -0.4 is 5.32 Å². The zero-order chi connectivity index (χ0) is 23.3. The van der Waals surface area contributed by atoms with Gasteiger partial charge in [0, 0.05) is 30.7 Å². The van der Waals surface area contributed by atoms with E-state index in [9.17, 15) is 19.1 Å². The monoisotopic (exact) mass is 451 g/mol. The first-order valence-electron chi connectivity index (χ1n) is 11.8. The first-order valence-corrected chi connectivity index (χ1v) is 11.8. The van der Waals surface area contributed by atoms with Gasteiger partial charge in [0.2, 0.25) is 5.91 Å². The Morgan fingerprint density at radius 2 is 2.21 bits per heavy atom. The van der Waals surface area contributed by atoms with Gasteiger partial charge in [0.25, 0.3) is 0 Å². The number of carbonyl (C=O) groups excluding carboxylic acids is 2. The molecule has 174 valence electrons. The molecule has 5 atom stereocenters. The molecule has 0 saturated heterocycles. The molecule has 3 aliphatic rings. The molecule has 2 fully saturated rings. The average molecular weight is 452 g/mol. The predicted octanol–water partition coefficient (Wildman–Crippen LogP) is 4.68. The molecule has 1 aromatic carbocycles. The smallest absolute Gasteiger partial charge is 0.224 e. The van der Waals surface area contributed by atoms with Crippen LogP contribution in [0, 0.1) is 29.0 Å². The van der Waals surface area contributed by atoms with Gasteiger partial charge in [-0.25, -0.2) is 4.39 Å². The lowest BCUT2D eigenvalue weighted by atomic mass is 9.54. The highest BCUT2D eigenvalue weighted by atomic mass is 19.1. The summed E-state index contributed by atoms with van der Waals surface area (Å²) in [6.07, 6.45) is 8.08. The Kier molecular flexibility index (Phi) is 5.38. The molecular weight excluding hydrogens is 421 g/mol. The lowest BCUT2D eigenvalue weighted by Gasteiger charge is -2.49. The standard InChI is InChI=1S/C26H30FN3O3/c1-26-11-10-17-16-4-3-5-22(27)18(16)6-7-19(17)24(26)20(21(14-31)25(26)33)8-9-23(32)29-15-12-28-30(2)13-15/h3-5,12-14,17,19-20,24,31H,6-11H2,1-2H3,(H,29,32)/b21-14-/t17?,19?,20-,24?,26+/m1/s1. The molecule has 1 amide bonds. The van der Waals surface area contributed by atoms with Crippen molar-refractivity contribution in [1.29, 1.82) is 0 Å². The largest absolute Gasteiger partial charge is 0.515 e. The number of amides is 1. The van der Waals surface area contributed by atoms with Gasteiger partial charge in [0.15, 0.2) is 5.78 Å². The van der Waals surface area contributed by atoms with E-state index >= 15 is 0 Å². The third kappa shape index (κ3) is 3.49. The van der Waals surface area contributed by atoms with Crippen LogP contribution in [0.2, 0.25) is 0 Å². The summed E-state index contributed by atoms with van der Waals surface area (Å²) in [5.41, 5.74) is 2.43. The summed E-state index contributed by atoms with van der Waals surface area (Å²) in [5.74, 6) is 0.0213. The summed E-state index contributed by atoms with van der Waals surface area (Å²) in [6, 6.07) is 5.35. The molecular formula is C26H30FN3O3. The second-order valence-electron chi connectivity index (χ2n) is 10.1. The van der Waals surface area contributed by atoms with E-state index in [1.807, 2.05) is 13.0 Å². The molecule has 2 saturated carbocycles. The summed E-state index contributed by atoms with van der Waals surface area (Å²) in [7, 11) is 1.78. The Bertz CT molecular complexity index is 1140. The highest BCUT2D eigenvalue weighted by molar-refractivity contribution is 6.03. The van der Waals surface area contributed by atoms with Crippen LogP contribution in [0.4, 0.5) is 10.1 Å². The minimum absolute atomic E-state index is 0.0103. The lowest BCUT2D eigenvalue weighted by molar-refractivity contribution is -0.127. The number of ketones is 1. The number of hydrogen-bond donors (Lipinski definition) is 2. The van der Waals surface area contributed by atoms with E-state index in [1.54, 1.807) is 30.2 Å². The van der Waals surface area contributed by atoms with Gasteiger partial charge in [-0.2, -0.15) is 5.10 Å². The third-order valence-corrected chi connectivity index (χ3v) is 8.39. The second-order valence-corrected chi connectivity index (χ2v) is 10.1. The van der Waals surface area contributed by atoms with Gasteiger partial charge in [-0.05, 0) is 73.0 Å². The minimum atomic E-state index is -0.551. The number of fused-ring (bicyclic) bond motifs is 5. The number of aliphatic hydroxyl groups is 1. The van der Waals surface area contributed by atoms with Crippen molar-refractivity contribution in [2.75, 3.05) is 5.32 Å². The molecule has 2 aromatic rings. The van der Waals surface area contributed by atoms with E-state index in [4.69, 9.17) is 0 Å². The molecule has 0 bridgehead atoms. The maximum atomic E-state index is 14.5. The summed E-state index contributed by atoms with van der Waals surface area (Å²) in [6.45, 7) is 2.02. The topological polar surface area (TPSA) is 84.2 Å². The number of aliphatic hydroxyl groups excluding tert-OH is 1. The van der Waals surface area contributed by atoms with Crippen molar-refractivity contribution in [3.8, 4) is 0 Å². The predicted molar refractivity (Wildman–Crippen MR) is 122 cm³/mol. The van der Waals surface area contributed by atoms with Crippen molar-refractivity contribution in [2.45, 2.75) is 51.4 Å². The van der Waals surface area contributed by atoms with E-state index in [0.29, 0.717) is 30.5 Å². The maximum Gasteiger partial charge on any atom is 0.224 e. The van der Waals surface area contributed by atoms with Crippen molar-refractivity contribution in [3.05, 3.63) is 59.4 Å². The summed E-state index contributed by atoms with van der Waals surface area (Å²) >= 11 is 0. The maximum absolute atomic E-state index is 14.5. The van der Waals surface area contributed by atoms with E-state index in [2.05, 4.69) is 10.4 Å². The average Bonchev–Trinajstić information content (AvgIpc) is 3.29. The fourth-order valence-corrected chi connectivity index (χ4v) is 7.01. The van der Waals surface area contributed by atoms with Gasteiger partial charge >= 0.3 is 0 Å². The second kappa shape index (κ2) is 8.12. The van der Waals surface area contributed by atoms with Crippen LogP contribution >= 0.6 is 0 Å². The fourth-order valence-electron chi connectivity index (χ4n) is 7.01. The number of halogens is 1. The Balaban J connectivity index is 1.41. The number of allylic oxidation sites excluding steroid dienone is 1. The fraction of sp³-hybridized carbons (Fsp3) is 0.500. The number of aromatic nitrogens is 2. The van der Waals surface area contributed by atoms with E-state index in [1.165, 1.54) is 6.07 Å². The molecule has 2 N–H and O–H groups in total. The van der Waals surface area contributed by atoms with Gasteiger partial charge in [0.05, 0.1) is 18.1 Å². The van der Waals surface area contributed by atoms with E-state index in [0.717, 1.165) is 30.2 Å². The summed E-state index contributed by atoms with van der Waals surface area (Å²) in [4.78, 5) is 26.0. The van der Waals surface area contributed by atoms with Gasteiger partial charge < -0.3 is 10.4 Å². The van der Waals surface area contributed by atoms with Crippen LogP contribution in [0.5, 0.6) is 0 Å². The number of anilines is 1. The molecule has 1 aromatic heterocycles. The Labute approximate surface area is 192 Å². The number of hydrogen-bond acceptors (Lipinski definition) is 4. The first-order chi connectivity index (χ1) is 15.8. The third-order valence-electron chi connectivity index (χ3n) is 8.39. The van der Waals surface area contributed by atoms with Gasteiger partial charge in [-0.3, -0.25) is 14.3 Å². The molecule has 1 heterocycles. The molecule has 0 aliphatic heterocycles. The Hall–Kier alpha value is -2.96. The van der Waals surface area contributed by atoms with Crippen LogP contribution in [-0.4, -0.2) is 26.6 Å². The Morgan fingerprint density at radius 3 is 2.94 bits per heavy atom. The Morgan fingerprint density at radius 1 is 1.39 bits per heavy atom. The van der Waals surface area contributed by atoms with Crippen LogP contribution in [0.1, 0.15) is 56.1 Å². The molecule has 0 radical (unpaired) electrons. The van der Waals surface area contributed by atoms with Crippen molar-refractivity contribution >= 4 is 17.4 Å². The van der Waals surface area contributed by atoms with Crippen LogP contribution in [0.3, 0.4) is 0 Å².